The third kappa shape index (κ3) is 5.70. The molecule has 0 aromatic heterocycles. The maximum absolute atomic E-state index is 12.6. The number of piperazine rings is 1. The smallest absolute Gasteiger partial charge is 0.261 e. The number of phenolic OH excluding ortho intramolecular Hbond substituents is 1. The first kappa shape index (κ1) is 23.7. The molecule has 0 bridgehead atoms. The van der Waals surface area contributed by atoms with Crippen LogP contribution >= 0.6 is 11.6 Å². The highest BCUT2D eigenvalue weighted by Gasteiger charge is 2.20. The number of aromatic hydroxyl groups is 1. The van der Waals surface area contributed by atoms with Gasteiger partial charge in [-0.2, -0.15) is 0 Å². The van der Waals surface area contributed by atoms with Gasteiger partial charge in [0.2, 0.25) is 5.91 Å². The van der Waals surface area contributed by atoms with Crippen molar-refractivity contribution in [1.29, 1.82) is 0 Å². The Morgan fingerprint density at radius 1 is 0.912 bits per heavy atom. The first-order valence-electron chi connectivity index (χ1n) is 10.7. The highest BCUT2D eigenvalue weighted by molar-refractivity contribution is 7.92. The van der Waals surface area contributed by atoms with Crippen LogP contribution < -0.4 is 9.62 Å². The molecule has 2 N–H and O–H groups in total. The molecule has 0 aliphatic carbocycles. The van der Waals surface area contributed by atoms with Crippen molar-refractivity contribution in [2.75, 3.05) is 35.8 Å². The summed E-state index contributed by atoms with van der Waals surface area (Å²) in [7, 11) is -3.78. The van der Waals surface area contributed by atoms with E-state index in [4.69, 9.17) is 11.6 Å². The zero-order valence-corrected chi connectivity index (χ0v) is 19.8. The second-order valence-electron chi connectivity index (χ2n) is 7.82. The standard InChI is InChI=1S/C25H24ClN3O4S/c26-23-3-1-2-4-24(23)27-34(32,33)22-12-5-19(6-13-22)7-14-25(31)29-17-15-28(16-18-29)20-8-10-21(30)11-9-20/h1-14,27,30H,15-18H2. The minimum atomic E-state index is -3.78. The third-order valence-electron chi connectivity index (χ3n) is 5.53. The number of carbonyl (C=O) groups is 1. The number of amides is 1. The van der Waals surface area contributed by atoms with Crippen molar-refractivity contribution in [3.05, 3.63) is 89.5 Å². The number of carbonyl (C=O) groups excluding carboxylic acids is 1. The van der Waals surface area contributed by atoms with Crippen molar-refractivity contribution in [3.8, 4) is 5.75 Å². The lowest BCUT2D eigenvalue weighted by atomic mass is 10.2. The van der Waals surface area contributed by atoms with Crippen LogP contribution in [0, 0.1) is 0 Å². The van der Waals surface area contributed by atoms with E-state index in [1.54, 1.807) is 59.5 Å². The van der Waals surface area contributed by atoms with E-state index in [-0.39, 0.29) is 16.6 Å². The molecule has 3 aromatic rings. The van der Waals surface area contributed by atoms with E-state index in [1.807, 2.05) is 12.1 Å². The summed E-state index contributed by atoms with van der Waals surface area (Å²) in [5.41, 5.74) is 2.04. The predicted molar refractivity (Wildman–Crippen MR) is 135 cm³/mol. The maximum Gasteiger partial charge on any atom is 0.261 e. The van der Waals surface area contributed by atoms with Gasteiger partial charge in [0.1, 0.15) is 5.75 Å². The fraction of sp³-hybridized carbons (Fsp3) is 0.160. The topological polar surface area (TPSA) is 90.0 Å². The molecule has 1 heterocycles. The summed E-state index contributed by atoms with van der Waals surface area (Å²) in [6, 6.07) is 19.9. The molecule has 0 unspecified atom stereocenters. The average molecular weight is 498 g/mol. The fourth-order valence-corrected chi connectivity index (χ4v) is 4.95. The summed E-state index contributed by atoms with van der Waals surface area (Å²) in [5, 5.41) is 9.74. The minimum absolute atomic E-state index is 0.0950. The van der Waals surface area contributed by atoms with E-state index < -0.39 is 10.0 Å². The molecule has 7 nitrogen and oxygen atoms in total. The lowest BCUT2D eigenvalue weighted by Crippen LogP contribution is -2.48. The van der Waals surface area contributed by atoms with Gasteiger partial charge in [0.05, 0.1) is 15.6 Å². The van der Waals surface area contributed by atoms with Crippen molar-refractivity contribution in [2.45, 2.75) is 4.90 Å². The molecular weight excluding hydrogens is 474 g/mol. The van der Waals surface area contributed by atoms with Gasteiger partial charge in [0.25, 0.3) is 10.0 Å². The monoisotopic (exact) mass is 497 g/mol. The molecule has 1 fully saturated rings. The Labute approximate surface area is 203 Å². The Morgan fingerprint density at radius 2 is 1.56 bits per heavy atom. The Kier molecular flexibility index (Phi) is 7.09. The summed E-state index contributed by atoms with van der Waals surface area (Å²) in [4.78, 5) is 16.6. The lowest BCUT2D eigenvalue weighted by molar-refractivity contribution is -0.126. The van der Waals surface area contributed by atoms with E-state index in [0.29, 0.717) is 42.5 Å². The van der Waals surface area contributed by atoms with Gasteiger partial charge in [-0.25, -0.2) is 8.42 Å². The highest BCUT2D eigenvalue weighted by Crippen LogP contribution is 2.24. The zero-order chi connectivity index (χ0) is 24.1. The minimum Gasteiger partial charge on any atom is -0.508 e. The molecule has 9 heteroatoms. The normalized spacial score (nSPS) is 14.4. The number of hydrogen-bond donors (Lipinski definition) is 2. The van der Waals surface area contributed by atoms with Gasteiger partial charge >= 0.3 is 0 Å². The van der Waals surface area contributed by atoms with Crippen LogP contribution in [0.5, 0.6) is 5.75 Å². The van der Waals surface area contributed by atoms with Crippen LogP contribution in [0.15, 0.2) is 83.8 Å². The van der Waals surface area contributed by atoms with Crippen LogP contribution in [0.2, 0.25) is 5.02 Å². The molecule has 0 radical (unpaired) electrons. The van der Waals surface area contributed by atoms with Crippen LogP contribution in [0.1, 0.15) is 5.56 Å². The van der Waals surface area contributed by atoms with Gasteiger partial charge < -0.3 is 14.9 Å². The number of nitrogens with one attached hydrogen (secondary N) is 1. The molecular formula is C25H24ClN3O4S. The van der Waals surface area contributed by atoms with Crippen LogP contribution in [-0.2, 0) is 14.8 Å². The van der Waals surface area contributed by atoms with Crippen LogP contribution in [0.4, 0.5) is 11.4 Å². The van der Waals surface area contributed by atoms with Crippen molar-refractivity contribution in [3.63, 3.8) is 0 Å². The summed E-state index contributed by atoms with van der Waals surface area (Å²) in [5.74, 6) is 0.132. The number of hydrogen-bond acceptors (Lipinski definition) is 5. The average Bonchev–Trinajstić information content (AvgIpc) is 2.85. The number of phenols is 1. The number of para-hydroxylation sites is 1. The van der Waals surface area contributed by atoms with Gasteiger partial charge in [-0.15, -0.1) is 0 Å². The quantitative estimate of drug-likeness (QED) is 0.498. The molecule has 0 atom stereocenters. The molecule has 1 saturated heterocycles. The molecule has 1 amide bonds. The van der Waals surface area contributed by atoms with Gasteiger partial charge in [0.15, 0.2) is 0 Å². The van der Waals surface area contributed by atoms with Crippen molar-refractivity contribution in [1.82, 2.24) is 4.90 Å². The Balaban J connectivity index is 1.34. The summed E-state index contributed by atoms with van der Waals surface area (Å²) < 4.78 is 27.7. The number of nitrogens with zero attached hydrogens (tertiary/aromatic N) is 2. The number of anilines is 2. The van der Waals surface area contributed by atoms with E-state index in [1.165, 1.54) is 18.2 Å². The Bertz CT molecular complexity index is 1280. The fourth-order valence-electron chi connectivity index (χ4n) is 3.63. The second-order valence-corrected chi connectivity index (χ2v) is 9.91. The molecule has 176 valence electrons. The Hall–Kier alpha value is -3.49. The van der Waals surface area contributed by atoms with Crippen molar-refractivity contribution < 1.29 is 18.3 Å². The van der Waals surface area contributed by atoms with Crippen molar-refractivity contribution in [2.24, 2.45) is 0 Å². The summed E-state index contributed by atoms with van der Waals surface area (Å²) in [6.45, 7) is 2.59. The second kappa shape index (κ2) is 10.2. The van der Waals surface area contributed by atoms with Crippen molar-refractivity contribution >= 4 is 45.0 Å². The largest absolute Gasteiger partial charge is 0.508 e. The predicted octanol–water partition coefficient (Wildman–Crippen LogP) is 4.21. The molecule has 1 aliphatic rings. The molecule has 1 aliphatic heterocycles. The van der Waals surface area contributed by atoms with E-state index in [0.717, 1.165) is 5.69 Å². The highest BCUT2D eigenvalue weighted by atomic mass is 35.5. The molecule has 0 spiro atoms. The Morgan fingerprint density at radius 3 is 2.21 bits per heavy atom. The van der Waals surface area contributed by atoms with Crippen LogP contribution in [-0.4, -0.2) is 50.5 Å². The van der Waals surface area contributed by atoms with Gasteiger partial charge in [-0.05, 0) is 60.2 Å². The van der Waals surface area contributed by atoms with E-state index >= 15 is 0 Å². The first-order valence-corrected chi connectivity index (χ1v) is 12.6. The maximum atomic E-state index is 12.6. The summed E-state index contributed by atoms with van der Waals surface area (Å²) >= 11 is 6.04. The number of halogens is 1. The van der Waals surface area contributed by atoms with Crippen LogP contribution in [0.25, 0.3) is 6.08 Å². The SMILES string of the molecule is O=C(C=Cc1ccc(S(=O)(=O)Nc2ccccc2Cl)cc1)N1CCN(c2ccc(O)cc2)CC1. The van der Waals surface area contributed by atoms with E-state index in [2.05, 4.69) is 9.62 Å². The molecule has 0 saturated carbocycles. The van der Waals surface area contributed by atoms with Gasteiger partial charge in [-0.1, -0.05) is 35.9 Å². The van der Waals surface area contributed by atoms with Crippen LogP contribution in [0.3, 0.4) is 0 Å². The lowest BCUT2D eigenvalue weighted by Gasteiger charge is -2.35. The number of sulfonamides is 1. The van der Waals surface area contributed by atoms with Gasteiger partial charge in [0, 0.05) is 37.9 Å². The zero-order valence-electron chi connectivity index (χ0n) is 18.3. The molecule has 3 aromatic carbocycles. The first-order chi connectivity index (χ1) is 16.3. The van der Waals surface area contributed by atoms with Gasteiger partial charge in [-0.3, -0.25) is 9.52 Å². The number of benzene rings is 3. The number of rotatable bonds is 6. The molecule has 34 heavy (non-hydrogen) atoms. The molecule has 4 rings (SSSR count). The summed E-state index contributed by atoms with van der Waals surface area (Å²) in [6.07, 6.45) is 3.17. The van der Waals surface area contributed by atoms with E-state index in [9.17, 15) is 18.3 Å². The third-order valence-corrected chi connectivity index (χ3v) is 7.24.